The van der Waals surface area contributed by atoms with Crippen LogP contribution < -0.4 is 10.2 Å². The van der Waals surface area contributed by atoms with Gasteiger partial charge in [-0.1, -0.05) is 35.5 Å². The van der Waals surface area contributed by atoms with E-state index in [1.807, 2.05) is 18.2 Å². The molecule has 0 bridgehead atoms. The Morgan fingerprint density at radius 2 is 2.18 bits per heavy atom. The van der Waals surface area contributed by atoms with Gasteiger partial charge in [0.05, 0.1) is 20.1 Å². The molecule has 1 unspecified atom stereocenters. The minimum Gasteiger partial charge on any atom is -0.411 e. The van der Waals surface area contributed by atoms with E-state index in [2.05, 4.69) is 29.7 Å². The van der Waals surface area contributed by atoms with Crippen molar-refractivity contribution in [2.75, 3.05) is 20.1 Å². The molecule has 0 aliphatic carbocycles. The van der Waals surface area contributed by atoms with Crippen molar-refractivity contribution >= 4 is 12.1 Å². The van der Waals surface area contributed by atoms with E-state index in [1.165, 1.54) is 10.5 Å². The maximum absolute atomic E-state index is 11.0. The van der Waals surface area contributed by atoms with Crippen molar-refractivity contribution in [3.63, 3.8) is 0 Å². The third kappa shape index (κ3) is 5.67. The Morgan fingerprint density at radius 3 is 2.82 bits per heavy atom. The number of rotatable bonds is 6. The van der Waals surface area contributed by atoms with Gasteiger partial charge in [-0.05, 0) is 0 Å². The van der Waals surface area contributed by atoms with E-state index in [-0.39, 0.29) is 5.91 Å². The number of nitrogens with one attached hydrogen (secondary N) is 2. The molecule has 0 fully saturated rings. The summed E-state index contributed by atoms with van der Waals surface area (Å²) >= 11 is 0. The van der Waals surface area contributed by atoms with Gasteiger partial charge in [-0.15, -0.1) is 0 Å². The summed E-state index contributed by atoms with van der Waals surface area (Å²) in [5, 5.41) is 13.4. The summed E-state index contributed by atoms with van der Waals surface area (Å²) in [4.78, 5) is 12.3. The lowest BCUT2D eigenvalue weighted by atomic mass is 10.2. The van der Waals surface area contributed by atoms with Gasteiger partial charge in [0.25, 0.3) is 5.91 Å². The Bertz CT molecular complexity index is 365. The Balaban J connectivity index is 2.22. The van der Waals surface area contributed by atoms with Crippen LogP contribution in [-0.4, -0.2) is 37.5 Å². The number of benzene rings is 1. The first-order valence-corrected chi connectivity index (χ1v) is 5.53. The van der Waals surface area contributed by atoms with Crippen molar-refractivity contribution in [1.29, 1.82) is 0 Å². The summed E-state index contributed by atoms with van der Waals surface area (Å²) in [6.07, 6.45) is 0.854. The standard InChI is InChI=1S/C12H17N3O2/c1-15(8-7-13-12(16)9-14-17)10-11-5-3-2-4-6-11/h2-6,9,17H,7-8,10H2,1H3,(H,13,16)/p+1/b14-9-. The smallest absolute Gasteiger partial charge is 0.266 e. The topological polar surface area (TPSA) is 66.1 Å². The van der Waals surface area contributed by atoms with Gasteiger partial charge in [0, 0.05) is 5.56 Å². The van der Waals surface area contributed by atoms with E-state index in [1.54, 1.807) is 0 Å². The highest BCUT2D eigenvalue weighted by Crippen LogP contribution is 1.94. The number of hydrogen-bond donors (Lipinski definition) is 3. The highest BCUT2D eigenvalue weighted by molar-refractivity contribution is 6.25. The maximum atomic E-state index is 11.0. The Labute approximate surface area is 101 Å². The number of amides is 1. The third-order valence-electron chi connectivity index (χ3n) is 2.37. The van der Waals surface area contributed by atoms with Crippen molar-refractivity contribution in [1.82, 2.24) is 5.32 Å². The zero-order chi connectivity index (χ0) is 12.5. The van der Waals surface area contributed by atoms with E-state index >= 15 is 0 Å². The summed E-state index contributed by atoms with van der Waals surface area (Å²) < 4.78 is 0. The van der Waals surface area contributed by atoms with E-state index in [0.717, 1.165) is 19.3 Å². The van der Waals surface area contributed by atoms with Crippen LogP contribution in [0, 0.1) is 0 Å². The fourth-order valence-electron chi connectivity index (χ4n) is 1.53. The quantitative estimate of drug-likeness (QED) is 0.346. The van der Waals surface area contributed by atoms with Crippen molar-refractivity contribution in [2.45, 2.75) is 6.54 Å². The SMILES string of the molecule is C[NH+](CCNC(=O)/C=N\O)Cc1ccccc1. The number of likely N-dealkylation sites (N-methyl/N-ethyl adjacent to an activating group) is 1. The Kier molecular flexibility index (Phi) is 5.74. The average molecular weight is 236 g/mol. The summed E-state index contributed by atoms with van der Waals surface area (Å²) in [7, 11) is 2.07. The first kappa shape index (κ1) is 13.2. The summed E-state index contributed by atoms with van der Waals surface area (Å²) in [6, 6.07) is 10.2. The number of hydrogen-bond acceptors (Lipinski definition) is 3. The van der Waals surface area contributed by atoms with Crippen molar-refractivity contribution < 1.29 is 14.9 Å². The van der Waals surface area contributed by atoms with Gasteiger partial charge in [-0.2, -0.15) is 0 Å². The molecular weight excluding hydrogens is 218 g/mol. The Morgan fingerprint density at radius 1 is 1.47 bits per heavy atom. The molecule has 1 aromatic rings. The molecule has 0 saturated carbocycles. The fourth-order valence-corrected chi connectivity index (χ4v) is 1.53. The molecule has 5 heteroatoms. The first-order valence-electron chi connectivity index (χ1n) is 5.53. The third-order valence-corrected chi connectivity index (χ3v) is 2.37. The molecule has 1 atom stereocenters. The zero-order valence-electron chi connectivity index (χ0n) is 9.89. The van der Waals surface area contributed by atoms with Gasteiger partial charge in [0.15, 0.2) is 0 Å². The molecule has 92 valence electrons. The van der Waals surface area contributed by atoms with Gasteiger partial charge in [0.1, 0.15) is 12.8 Å². The van der Waals surface area contributed by atoms with Gasteiger partial charge in [-0.25, -0.2) is 0 Å². The molecule has 0 aliphatic rings. The minimum absolute atomic E-state index is 0.375. The monoisotopic (exact) mass is 236 g/mol. The number of carbonyl (C=O) groups is 1. The minimum atomic E-state index is -0.375. The van der Waals surface area contributed by atoms with Crippen LogP contribution in [0.15, 0.2) is 35.5 Å². The molecule has 0 aliphatic heterocycles. The predicted octanol–water partition coefficient (Wildman–Crippen LogP) is -0.722. The normalized spacial score (nSPS) is 12.5. The van der Waals surface area contributed by atoms with E-state index in [0.29, 0.717) is 6.54 Å². The largest absolute Gasteiger partial charge is 0.411 e. The highest BCUT2D eigenvalue weighted by atomic mass is 16.4. The molecule has 1 rings (SSSR count). The average Bonchev–Trinajstić information content (AvgIpc) is 2.30. The molecule has 1 aromatic carbocycles. The van der Waals surface area contributed by atoms with Crippen LogP contribution >= 0.6 is 0 Å². The number of quaternary nitrogens is 1. The fraction of sp³-hybridized carbons (Fsp3) is 0.333. The second kappa shape index (κ2) is 7.40. The first-order chi connectivity index (χ1) is 8.22. The number of carbonyl (C=O) groups excluding carboxylic acids is 1. The van der Waals surface area contributed by atoms with Gasteiger partial charge in [-0.3, -0.25) is 4.79 Å². The molecule has 0 spiro atoms. The summed E-state index contributed by atoms with van der Waals surface area (Å²) in [5.74, 6) is -0.375. The predicted molar refractivity (Wildman–Crippen MR) is 65.2 cm³/mol. The van der Waals surface area contributed by atoms with Gasteiger partial charge in [0.2, 0.25) is 0 Å². The van der Waals surface area contributed by atoms with Crippen molar-refractivity contribution in [3.05, 3.63) is 35.9 Å². The van der Waals surface area contributed by atoms with E-state index in [4.69, 9.17) is 5.21 Å². The summed E-state index contributed by atoms with van der Waals surface area (Å²) in [5.41, 5.74) is 1.27. The van der Waals surface area contributed by atoms with Crippen LogP contribution in [0.3, 0.4) is 0 Å². The lowest BCUT2D eigenvalue weighted by Crippen LogP contribution is -3.08. The van der Waals surface area contributed by atoms with Gasteiger partial charge >= 0.3 is 0 Å². The van der Waals surface area contributed by atoms with Gasteiger partial charge < -0.3 is 15.4 Å². The van der Waals surface area contributed by atoms with Crippen molar-refractivity contribution in [2.24, 2.45) is 5.16 Å². The molecular formula is C12H18N3O2+. The molecule has 0 aromatic heterocycles. The lowest BCUT2D eigenvalue weighted by molar-refractivity contribution is -0.892. The number of nitrogens with zero attached hydrogens (tertiary/aromatic N) is 1. The van der Waals surface area contributed by atoms with E-state index < -0.39 is 0 Å². The van der Waals surface area contributed by atoms with Crippen molar-refractivity contribution in [3.8, 4) is 0 Å². The second-order valence-corrected chi connectivity index (χ2v) is 3.91. The van der Waals surface area contributed by atoms with Crippen LogP contribution in [0.1, 0.15) is 5.56 Å². The molecule has 0 saturated heterocycles. The lowest BCUT2D eigenvalue weighted by Gasteiger charge is -2.13. The molecule has 1 amide bonds. The summed E-state index contributed by atoms with van der Waals surface area (Å²) in [6.45, 7) is 2.30. The zero-order valence-corrected chi connectivity index (χ0v) is 9.89. The molecule has 5 nitrogen and oxygen atoms in total. The van der Waals surface area contributed by atoms with Crippen LogP contribution in [0.25, 0.3) is 0 Å². The number of oxime groups is 1. The Hall–Kier alpha value is -1.88. The van der Waals surface area contributed by atoms with Crippen LogP contribution in [0.4, 0.5) is 0 Å². The van der Waals surface area contributed by atoms with E-state index in [9.17, 15) is 4.79 Å². The second-order valence-electron chi connectivity index (χ2n) is 3.91. The van der Waals surface area contributed by atoms with Crippen LogP contribution in [-0.2, 0) is 11.3 Å². The highest BCUT2D eigenvalue weighted by Gasteiger charge is 2.03. The molecule has 17 heavy (non-hydrogen) atoms. The van der Waals surface area contributed by atoms with Crippen LogP contribution in [0.2, 0.25) is 0 Å². The van der Waals surface area contributed by atoms with Crippen LogP contribution in [0.5, 0.6) is 0 Å². The molecule has 0 radical (unpaired) electrons. The molecule has 0 heterocycles. The molecule has 3 N–H and O–H groups in total. The maximum Gasteiger partial charge on any atom is 0.266 e.